The van der Waals surface area contributed by atoms with E-state index >= 15 is 0 Å². The van der Waals surface area contributed by atoms with Gasteiger partial charge in [-0.1, -0.05) is 0 Å². The van der Waals surface area contributed by atoms with Crippen molar-refractivity contribution in [2.75, 3.05) is 10.2 Å². The molecular formula is C21H16F3N5O2. The Balaban J connectivity index is 1.72. The van der Waals surface area contributed by atoms with Crippen molar-refractivity contribution in [3.8, 4) is 0 Å². The van der Waals surface area contributed by atoms with Crippen LogP contribution >= 0.6 is 0 Å². The maximum Gasteiger partial charge on any atom is 0.248 e. The summed E-state index contributed by atoms with van der Waals surface area (Å²) >= 11 is 0. The van der Waals surface area contributed by atoms with Crippen LogP contribution in [0, 0.1) is 22.9 Å². The number of nitrogens with one attached hydrogen (secondary N) is 1. The molecule has 4 rings (SSSR count). The maximum absolute atomic E-state index is 13.5. The van der Waals surface area contributed by atoms with Gasteiger partial charge in [0.15, 0.2) is 11.6 Å². The van der Waals surface area contributed by atoms with Gasteiger partial charge in [-0.05, 0) is 49.2 Å². The Kier molecular flexibility index (Phi) is 5.05. The van der Waals surface area contributed by atoms with E-state index in [9.17, 15) is 22.8 Å². The third-order valence-corrected chi connectivity index (χ3v) is 4.96. The molecular weight excluding hydrogens is 411 g/mol. The van der Waals surface area contributed by atoms with E-state index in [-0.39, 0.29) is 23.1 Å². The number of amides is 2. The largest absolute Gasteiger partial charge is 0.369 e. The molecule has 0 bridgehead atoms. The highest BCUT2D eigenvalue weighted by Gasteiger charge is 2.57. The molecule has 2 aromatic carbocycles. The van der Waals surface area contributed by atoms with E-state index in [0.717, 1.165) is 17.0 Å². The second-order valence-corrected chi connectivity index (χ2v) is 7.06. The fourth-order valence-corrected chi connectivity index (χ4v) is 3.09. The lowest BCUT2D eigenvalue weighted by atomic mass is 10.0. The summed E-state index contributed by atoms with van der Waals surface area (Å²) in [5.74, 6) is -3.83. The number of nitrogens with zero attached hydrogens (tertiary/aromatic N) is 3. The van der Waals surface area contributed by atoms with Gasteiger partial charge >= 0.3 is 0 Å². The SMILES string of the molecule is NC(=O)C1(C(=O)N(c2ccc(F)cc2)c2ccnc(Nc3ccc(F)c(F)c3)n2)CC1. The number of hydrogen-bond acceptors (Lipinski definition) is 5. The second kappa shape index (κ2) is 7.71. The van der Waals surface area contributed by atoms with Crippen LogP contribution in [0.2, 0.25) is 0 Å². The summed E-state index contributed by atoms with van der Waals surface area (Å²) < 4.78 is 40.1. The minimum atomic E-state index is -1.35. The van der Waals surface area contributed by atoms with Crippen molar-refractivity contribution < 1.29 is 22.8 Å². The molecule has 0 aliphatic heterocycles. The Hall–Kier alpha value is -3.95. The number of rotatable bonds is 6. The first kappa shape index (κ1) is 20.3. The molecule has 10 heteroatoms. The molecule has 1 saturated carbocycles. The number of halogens is 3. The van der Waals surface area contributed by atoms with Crippen LogP contribution in [0.4, 0.5) is 36.3 Å². The molecule has 158 valence electrons. The second-order valence-electron chi connectivity index (χ2n) is 7.06. The van der Waals surface area contributed by atoms with Gasteiger partial charge in [0.05, 0.1) is 5.69 Å². The Labute approximate surface area is 174 Å². The first-order valence-corrected chi connectivity index (χ1v) is 9.25. The van der Waals surface area contributed by atoms with Gasteiger partial charge in [0.25, 0.3) is 0 Å². The van der Waals surface area contributed by atoms with Crippen LogP contribution in [0.3, 0.4) is 0 Å². The molecule has 7 nitrogen and oxygen atoms in total. The van der Waals surface area contributed by atoms with E-state index in [1.54, 1.807) is 0 Å². The summed E-state index contributed by atoms with van der Waals surface area (Å²) in [6.07, 6.45) is 1.94. The van der Waals surface area contributed by atoms with E-state index in [1.165, 1.54) is 42.6 Å². The summed E-state index contributed by atoms with van der Waals surface area (Å²) in [6, 6.07) is 9.67. The van der Waals surface area contributed by atoms with Crippen LogP contribution in [0.1, 0.15) is 12.8 Å². The summed E-state index contributed by atoms with van der Waals surface area (Å²) in [6.45, 7) is 0. The fraction of sp³-hybridized carbons (Fsp3) is 0.143. The maximum atomic E-state index is 13.5. The van der Waals surface area contributed by atoms with E-state index in [4.69, 9.17) is 5.73 Å². The van der Waals surface area contributed by atoms with Crippen molar-refractivity contribution in [1.29, 1.82) is 0 Å². The number of nitrogens with two attached hydrogens (primary N) is 1. The normalized spacial score (nSPS) is 14.0. The number of carbonyl (C=O) groups excluding carboxylic acids is 2. The lowest BCUT2D eigenvalue weighted by molar-refractivity contribution is -0.133. The van der Waals surface area contributed by atoms with Gasteiger partial charge in [-0.2, -0.15) is 4.98 Å². The molecule has 31 heavy (non-hydrogen) atoms. The summed E-state index contributed by atoms with van der Waals surface area (Å²) in [7, 11) is 0. The summed E-state index contributed by atoms with van der Waals surface area (Å²) in [5.41, 5.74) is 4.56. The number of benzene rings is 2. The molecule has 3 N–H and O–H groups in total. The van der Waals surface area contributed by atoms with Gasteiger partial charge in [-0.3, -0.25) is 14.5 Å². The van der Waals surface area contributed by atoms with Gasteiger partial charge in [-0.15, -0.1) is 0 Å². The highest BCUT2D eigenvalue weighted by molar-refractivity contribution is 6.16. The predicted octanol–water partition coefficient (Wildman–Crippen LogP) is 3.57. The third-order valence-electron chi connectivity index (χ3n) is 4.96. The van der Waals surface area contributed by atoms with Crippen LogP contribution in [0.5, 0.6) is 0 Å². The molecule has 1 aromatic heterocycles. The first-order chi connectivity index (χ1) is 14.8. The van der Waals surface area contributed by atoms with E-state index in [2.05, 4.69) is 15.3 Å². The Morgan fingerprint density at radius 3 is 2.32 bits per heavy atom. The predicted molar refractivity (Wildman–Crippen MR) is 106 cm³/mol. The molecule has 0 atom stereocenters. The molecule has 1 heterocycles. The summed E-state index contributed by atoms with van der Waals surface area (Å²) in [5, 5.41) is 2.73. The standard InChI is InChI=1S/C21H16F3N5O2/c22-12-1-4-14(5-2-12)29(19(31)21(8-9-21)18(25)30)17-7-10-26-20(28-17)27-13-3-6-15(23)16(24)11-13/h1-7,10-11H,8-9H2,(H2,25,30)(H,26,27,28). The van der Waals surface area contributed by atoms with Crippen molar-refractivity contribution in [1.82, 2.24) is 9.97 Å². The summed E-state index contributed by atoms with van der Waals surface area (Å²) in [4.78, 5) is 34.6. The van der Waals surface area contributed by atoms with Crippen molar-refractivity contribution in [2.45, 2.75) is 12.8 Å². The monoisotopic (exact) mass is 427 g/mol. The third kappa shape index (κ3) is 3.91. The van der Waals surface area contributed by atoms with Crippen molar-refractivity contribution >= 4 is 35.0 Å². The van der Waals surface area contributed by atoms with Crippen LogP contribution in [-0.4, -0.2) is 21.8 Å². The molecule has 0 unspecified atom stereocenters. The van der Waals surface area contributed by atoms with Gasteiger partial charge in [0, 0.05) is 24.0 Å². The Morgan fingerprint density at radius 1 is 1.00 bits per heavy atom. The van der Waals surface area contributed by atoms with Gasteiger partial charge in [0.2, 0.25) is 17.8 Å². The topological polar surface area (TPSA) is 101 Å². The average Bonchev–Trinajstić information content (AvgIpc) is 3.55. The van der Waals surface area contributed by atoms with Crippen LogP contribution < -0.4 is 16.0 Å². The quantitative estimate of drug-likeness (QED) is 0.586. The number of anilines is 4. The highest BCUT2D eigenvalue weighted by atomic mass is 19.2. The minimum absolute atomic E-state index is 0.00709. The van der Waals surface area contributed by atoms with E-state index in [0.29, 0.717) is 12.8 Å². The van der Waals surface area contributed by atoms with E-state index in [1.807, 2.05) is 0 Å². The van der Waals surface area contributed by atoms with Crippen molar-refractivity contribution in [2.24, 2.45) is 11.1 Å². The number of primary amides is 1. The van der Waals surface area contributed by atoms with Gasteiger partial charge < -0.3 is 11.1 Å². The Bertz CT molecular complexity index is 1170. The van der Waals surface area contributed by atoms with Crippen molar-refractivity contribution in [3.05, 3.63) is 72.2 Å². The number of hydrogen-bond donors (Lipinski definition) is 2. The first-order valence-electron chi connectivity index (χ1n) is 9.25. The molecule has 3 aromatic rings. The smallest absolute Gasteiger partial charge is 0.248 e. The zero-order valence-corrected chi connectivity index (χ0v) is 16.0. The zero-order chi connectivity index (χ0) is 22.2. The van der Waals surface area contributed by atoms with Crippen LogP contribution in [0.25, 0.3) is 0 Å². The lowest BCUT2D eigenvalue weighted by Crippen LogP contribution is -2.41. The zero-order valence-electron chi connectivity index (χ0n) is 16.0. The number of aromatic nitrogens is 2. The fourth-order valence-electron chi connectivity index (χ4n) is 3.09. The molecule has 0 spiro atoms. The van der Waals surface area contributed by atoms with Crippen molar-refractivity contribution in [3.63, 3.8) is 0 Å². The van der Waals surface area contributed by atoms with Crippen LogP contribution in [-0.2, 0) is 9.59 Å². The van der Waals surface area contributed by atoms with Gasteiger partial charge in [0.1, 0.15) is 17.1 Å². The molecule has 1 aliphatic carbocycles. The van der Waals surface area contributed by atoms with Crippen LogP contribution in [0.15, 0.2) is 54.7 Å². The van der Waals surface area contributed by atoms with Gasteiger partial charge in [-0.25, -0.2) is 18.2 Å². The van der Waals surface area contributed by atoms with E-state index < -0.39 is 34.7 Å². The molecule has 1 aliphatic rings. The minimum Gasteiger partial charge on any atom is -0.369 e. The molecule has 0 saturated heterocycles. The Morgan fingerprint density at radius 2 is 1.71 bits per heavy atom. The molecule has 1 fully saturated rings. The molecule has 2 amide bonds. The molecule has 0 radical (unpaired) electrons. The average molecular weight is 427 g/mol. The number of carbonyl (C=O) groups is 2. The highest BCUT2D eigenvalue weighted by Crippen LogP contribution is 2.48. The lowest BCUT2D eigenvalue weighted by Gasteiger charge is -2.25.